The predicted molar refractivity (Wildman–Crippen MR) is 150 cm³/mol. The number of allylic oxidation sites excluding steroid dienone is 2. The van der Waals surface area contributed by atoms with Crippen LogP contribution in [0.2, 0.25) is 0 Å². The smallest absolute Gasteiger partial charge is 0.257 e. The van der Waals surface area contributed by atoms with Crippen molar-refractivity contribution >= 4 is 29.3 Å². The third-order valence-electron chi connectivity index (χ3n) is 6.41. The average Bonchev–Trinajstić information content (AvgIpc) is 3.31. The van der Waals surface area contributed by atoms with Gasteiger partial charge in [-0.25, -0.2) is 0 Å². The summed E-state index contributed by atoms with van der Waals surface area (Å²) < 4.78 is 16.0. The molecule has 0 bridgehead atoms. The molecule has 0 saturated heterocycles. The van der Waals surface area contributed by atoms with Crippen molar-refractivity contribution in [2.24, 2.45) is 0 Å². The zero-order valence-corrected chi connectivity index (χ0v) is 24.4. The summed E-state index contributed by atoms with van der Waals surface area (Å²) in [4.78, 5) is 39.8. The first-order chi connectivity index (χ1) is 18.3. The number of amides is 3. The van der Waals surface area contributed by atoms with Crippen molar-refractivity contribution in [1.82, 2.24) is 9.80 Å². The lowest BCUT2D eigenvalue weighted by Gasteiger charge is -2.19. The molecule has 0 aromatic heterocycles. The van der Waals surface area contributed by atoms with Gasteiger partial charge in [0, 0.05) is 51.2 Å². The Balaban J connectivity index is 2.47. The Morgan fingerprint density at radius 3 is 2.50 bits per heavy atom. The van der Waals surface area contributed by atoms with Gasteiger partial charge in [-0.2, -0.15) is 0 Å². The van der Waals surface area contributed by atoms with Gasteiger partial charge in [0.2, 0.25) is 5.91 Å². The van der Waals surface area contributed by atoms with Gasteiger partial charge >= 0.3 is 0 Å². The Morgan fingerprint density at radius 1 is 1.16 bits per heavy atom. The van der Waals surface area contributed by atoms with Crippen LogP contribution in [0.15, 0.2) is 46.9 Å². The van der Waals surface area contributed by atoms with E-state index in [0.717, 1.165) is 17.7 Å². The van der Waals surface area contributed by atoms with Crippen LogP contribution < -0.4 is 0 Å². The van der Waals surface area contributed by atoms with Crippen molar-refractivity contribution in [3.63, 3.8) is 0 Å². The molecule has 0 aromatic rings. The number of nitrogens with zero attached hydrogens (tertiary/aromatic N) is 2. The second-order valence-corrected chi connectivity index (χ2v) is 9.61. The molecule has 0 aromatic carbocycles. The summed E-state index contributed by atoms with van der Waals surface area (Å²) in [5.41, 5.74) is 2.09. The fourth-order valence-electron chi connectivity index (χ4n) is 4.02. The van der Waals surface area contributed by atoms with Crippen molar-refractivity contribution in [3.8, 4) is 0 Å². The van der Waals surface area contributed by atoms with Crippen molar-refractivity contribution in [2.75, 3.05) is 41.5 Å². The Morgan fingerprint density at radius 2 is 1.89 bits per heavy atom. The predicted octanol–water partition coefficient (Wildman–Crippen LogP) is 5.49. The minimum absolute atomic E-state index is 0.00950. The summed E-state index contributed by atoms with van der Waals surface area (Å²) in [6.45, 7) is 2.59. The van der Waals surface area contributed by atoms with Gasteiger partial charge in [-0.1, -0.05) is 62.8 Å². The van der Waals surface area contributed by atoms with Gasteiger partial charge in [0.05, 0.1) is 26.9 Å². The molecule has 0 fully saturated rings. The van der Waals surface area contributed by atoms with E-state index in [1.165, 1.54) is 64.0 Å². The van der Waals surface area contributed by atoms with Gasteiger partial charge in [0.1, 0.15) is 11.5 Å². The Bertz CT molecular complexity index is 880. The summed E-state index contributed by atoms with van der Waals surface area (Å²) in [6.07, 6.45) is 16.3. The molecule has 0 radical (unpaired) electrons. The number of likely N-dealkylation sites (N-methyl/N-ethyl adjacent to an activating group) is 1. The molecule has 38 heavy (non-hydrogen) atoms. The lowest BCUT2D eigenvalue weighted by atomic mass is 10.1. The second-order valence-electron chi connectivity index (χ2n) is 9.39. The maximum atomic E-state index is 12.6. The topological polar surface area (TPSA) is 85.4 Å². The highest BCUT2D eigenvalue weighted by molar-refractivity contribution is 6.25. The van der Waals surface area contributed by atoms with Crippen LogP contribution in [0, 0.1) is 0 Å². The van der Waals surface area contributed by atoms with Gasteiger partial charge in [-0.05, 0) is 24.8 Å². The minimum atomic E-state index is -0.507. The standard InChI is InChI=1S/C29H45ClN2O6/c1-6-7-8-9-11-14-24(36-3)15-12-10-13-16-27(33)31(2)21-23(20-30)17-25(37-4)18-28(34)32-22-26(38-5)19-29(32)35/h10,12,18-20,24H,6-9,11,13-17,21-22H2,1-5H3/b12-10+,23-20-,25-18+. The van der Waals surface area contributed by atoms with Crippen molar-refractivity contribution in [1.29, 1.82) is 0 Å². The normalized spacial score (nSPS) is 15.2. The average molecular weight is 553 g/mol. The molecule has 214 valence electrons. The number of rotatable bonds is 19. The van der Waals surface area contributed by atoms with E-state index in [-0.39, 0.29) is 25.0 Å². The molecule has 1 unspecified atom stereocenters. The molecule has 9 heteroatoms. The summed E-state index contributed by atoms with van der Waals surface area (Å²) in [5, 5.41) is 0. The maximum Gasteiger partial charge on any atom is 0.257 e. The van der Waals surface area contributed by atoms with Crippen molar-refractivity contribution < 1.29 is 28.6 Å². The van der Waals surface area contributed by atoms with Crippen LogP contribution in [0.4, 0.5) is 0 Å². The van der Waals surface area contributed by atoms with E-state index < -0.39 is 11.8 Å². The number of hydrogen-bond donors (Lipinski definition) is 0. The van der Waals surface area contributed by atoms with E-state index in [2.05, 4.69) is 13.0 Å². The zero-order valence-electron chi connectivity index (χ0n) is 23.7. The van der Waals surface area contributed by atoms with E-state index >= 15 is 0 Å². The van der Waals surface area contributed by atoms with Gasteiger partial charge < -0.3 is 19.1 Å². The minimum Gasteiger partial charge on any atom is -0.501 e. The fraction of sp³-hybridized carbons (Fsp3) is 0.621. The van der Waals surface area contributed by atoms with Gasteiger partial charge in [-0.15, -0.1) is 0 Å². The number of carbonyl (C=O) groups excluding carboxylic acids is 3. The monoisotopic (exact) mass is 552 g/mol. The Kier molecular flexibility index (Phi) is 17.1. The van der Waals surface area contributed by atoms with E-state index in [1.807, 2.05) is 6.08 Å². The number of unbranched alkanes of at least 4 members (excludes halogenated alkanes) is 4. The number of methoxy groups -OCH3 is 3. The highest BCUT2D eigenvalue weighted by Gasteiger charge is 2.27. The molecule has 0 aliphatic carbocycles. The van der Waals surface area contributed by atoms with E-state index in [9.17, 15) is 14.4 Å². The number of hydrogen-bond acceptors (Lipinski definition) is 6. The van der Waals surface area contributed by atoms with Crippen molar-refractivity contribution in [3.05, 3.63) is 46.9 Å². The summed E-state index contributed by atoms with van der Waals surface area (Å²) in [6, 6.07) is 0. The van der Waals surface area contributed by atoms with Crippen LogP contribution in [0.25, 0.3) is 0 Å². The Hall–Kier alpha value is -2.58. The van der Waals surface area contributed by atoms with Crippen LogP contribution >= 0.6 is 11.6 Å². The summed E-state index contributed by atoms with van der Waals surface area (Å²) >= 11 is 6.01. The molecular formula is C29H45ClN2O6. The SMILES string of the molecule is CCCCCCCC(C/C=C/CCC(=O)N(C)C/C(=C\Cl)C/C(=C\C(=O)N1CC(OC)=CC1=O)OC)OC. The fourth-order valence-corrected chi connectivity index (χ4v) is 4.17. The molecule has 8 nitrogen and oxygen atoms in total. The first-order valence-electron chi connectivity index (χ1n) is 13.3. The maximum absolute atomic E-state index is 12.6. The Labute approximate surface area is 233 Å². The first-order valence-corrected chi connectivity index (χ1v) is 13.8. The van der Waals surface area contributed by atoms with Crippen LogP contribution in [-0.2, 0) is 28.6 Å². The number of imide groups is 1. The van der Waals surface area contributed by atoms with E-state index in [4.69, 9.17) is 25.8 Å². The molecule has 3 amide bonds. The van der Waals surface area contributed by atoms with Crippen LogP contribution in [0.3, 0.4) is 0 Å². The van der Waals surface area contributed by atoms with Crippen LogP contribution in [0.5, 0.6) is 0 Å². The largest absolute Gasteiger partial charge is 0.501 e. The molecule has 0 spiro atoms. The second kappa shape index (κ2) is 19.5. The number of ether oxygens (including phenoxy) is 3. The highest BCUT2D eigenvalue weighted by atomic mass is 35.5. The van der Waals surface area contributed by atoms with Gasteiger partial charge in [0.25, 0.3) is 11.8 Å². The van der Waals surface area contributed by atoms with Crippen LogP contribution in [-0.4, -0.2) is 75.1 Å². The lowest BCUT2D eigenvalue weighted by Crippen LogP contribution is -2.32. The molecule has 1 aliphatic rings. The molecular weight excluding hydrogens is 508 g/mol. The number of carbonyl (C=O) groups is 3. The molecule has 1 heterocycles. The molecule has 0 saturated carbocycles. The highest BCUT2D eigenvalue weighted by Crippen LogP contribution is 2.18. The first kappa shape index (κ1) is 33.4. The third-order valence-corrected chi connectivity index (χ3v) is 6.72. The lowest BCUT2D eigenvalue weighted by molar-refractivity contribution is -0.137. The summed E-state index contributed by atoms with van der Waals surface area (Å²) in [7, 11) is 6.36. The summed E-state index contributed by atoms with van der Waals surface area (Å²) in [5.74, 6) is -0.200. The number of halogens is 1. The zero-order chi connectivity index (χ0) is 28.3. The van der Waals surface area contributed by atoms with Crippen LogP contribution in [0.1, 0.15) is 71.1 Å². The third kappa shape index (κ3) is 12.8. The van der Waals surface area contributed by atoms with E-state index in [0.29, 0.717) is 36.5 Å². The van der Waals surface area contributed by atoms with E-state index in [1.54, 1.807) is 19.1 Å². The molecule has 1 atom stereocenters. The molecule has 1 rings (SSSR count). The van der Waals surface area contributed by atoms with Gasteiger partial charge in [-0.3, -0.25) is 19.3 Å². The molecule has 0 N–H and O–H groups in total. The quantitative estimate of drug-likeness (QED) is 0.0911. The van der Waals surface area contributed by atoms with Crippen molar-refractivity contribution in [2.45, 2.75) is 77.2 Å². The van der Waals surface area contributed by atoms with Gasteiger partial charge in [0.15, 0.2) is 0 Å². The molecule has 1 aliphatic heterocycles.